The van der Waals surface area contributed by atoms with Crippen LogP contribution in [0.3, 0.4) is 0 Å². The Bertz CT molecular complexity index is 8850. The zero-order valence-corrected chi connectivity index (χ0v) is 77.8. The lowest BCUT2D eigenvalue weighted by Gasteiger charge is -2.09. The van der Waals surface area contributed by atoms with Crippen molar-refractivity contribution in [1.82, 2.24) is 140 Å². The van der Waals surface area contributed by atoms with E-state index in [2.05, 4.69) is 136 Å². The van der Waals surface area contributed by atoms with E-state index < -0.39 is 0 Å². The molecule has 0 atom stereocenters. The number of imidazole rings is 4. The smallest absolute Gasteiger partial charge is 0.226 e. The highest BCUT2D eigenvalue weighted by atomic mass is 16.2. The number of carbonyl (C=O) groups is 4. The summed E-state index contributed by atoms with van der Waals surface area (Å²) in [5.74, 6) is 2.87. The number of carbonyl (C=O) groups excluding carboxylic acids is 4. The van der Waals surface area contributed by atoms with Crippen LogP contribution in [0.5, 0.6) is 0 Å². The maximum absolute atomic E-state index is 12.2. The van der Waals surface area contributed by atoms with Crippen molar-refractivity contribution in [3.05, 3.63) is 299 Å². The van der Waals surface area contributed by atoms with Crippen molar-refractivity contribution >= 4 is 129 Å². The fraction of sp³-hybridized carbons (Fsp3) is 0.111. The van der Waals surface area contributed by atoms with E-state index in [1.165, 1.54) is 0 Å². The first-order valence-electron chi connectivity index (χ1n) is 46.2. The molecule has 24 aromatic rings. The van der Waals surface area contributed by atoms with Crippen molar-refractivity contribution in [3.63, 3.8) is 0 Å². The average Bonchev–Trinajstić information content (AvgIpc) is 1.63. The molecule has 3 amide bonds. The Kier molecular flexibility index (Phi) is 25.0. The lowest BCUT2D eigenvalue weighted by molar-refractivity contribution is -0.119. The Morgan fingerprint density at radius 2 is 0.664 bits per heavy atom. The van der Waals surface area contributed by atoms with Crippen LogP contribution in [0.4, 0.5) is 17.1 Å². The molecule has 35 heteroatoms. The first kappa shape index (κ1) is 90.0. The van der Waals surface area contributed by atoms with Gasteiger partial charge in [-0.05, 0) is 144 Å². The van der Waals surface area contributed by atoms with E-state index in [9.17, 15) is 19.2 Å². The van der Waals surface area contributed by atoms with Crippen LogP contribution in [0.1, 0.15) is 66.5 Å². The summed E-state index contributed by atoms with van der Waals surface area (Å²) in [5.41, 5.74) is 30.1. The normalized spacial score (nSPS) is 11.4. The number of hydrogen-bond donors (Lipinski definition) is 11. The molecular weight excluding hydrogens is 1800 g/mol. The third kappa shape index (κ3) is 19.2. The molecule has 20 heterocycles. The van der Waals surface area contributed by atoms with Crippen LogP contribution in [-0.2, 0) is 25.6 Å². The number of H-pyrrole nitrogens is 8. The summed E-state index contributed by atoms with van der Waals surface area (Å²) in [5, 5.41) is 41.9. The van der Waals surface area contributed by atoms with Gasteiger partial charge in [0.15, 0.2) is 45.9 Å². The molecule has 143 heavy (non-hydrogen) atoms. The number of amides is 3. The Labute approximate surface area is 813 Å². The van der Waals surface area contributed by atoms with E-state index in [0.717, 1.165) is 183 Å². The molecule has 0 saturated carbocycles. The molecule has 4 aromatic carbocycles. The summed E-state index contributed by atoms with van der Waals surface area (Å²) in [6.45, 7) is 11.4. The van der Waals surface area contributed by atoms with E-state index >= 15 is 0 Å². The molecular formula is C108H87N31O4. The van der Waals surface area contributed by atoms with Crippen LogP contribution in [0.15, 0.2) is 294 Å². The van der Waals surface area contributed by atoms with Gasteiger partial charge in [-0.15, -0.1) is 0 Å². The molecule has 11 N–H and O–H groups in total. The quantitative estimate of drug-likeness (QED) is 0.0300. The third-order valence-electron chi connectivity index (χ3n) is 24.0. The zero-order chi connectivity index (χ0) is 97.6. The second-order valence-corrected chi connectivity index (χ2v) is 34.5. The fourth-order valence-corrected chi connectivity index (χ4v) is 16.7. The topological polar surface area (TPSA) is 488 Å². The molecule has 0 spiro atoms. The Hall–Kier alpha value is -19.5. The average molecular weight is 1880 g/mol. The van der Waals surface area contributed by atoms with Crippen molar-refractivity contribution in [1.29, 1.82) is 0 Å². The van der Waals surface area contributed by atoms with Crippen molar-refractivity contribution in [2.75, 3.05) is 16.0 Å². The Morgan fingerprint density at radius 3 is 1.01 bits per heavy atom. The monoisotopic (exact) mass is 1880 g/mol. The summed E-state index contributed by atoms with van der Waals surface area (Å²) in [6, 6.07) is 59.4. The number of rotatable bonds is 22. The van der Waals surface area contributed by atoms with Gasteiger partial charge in [0.25, 0.3) is 0 Å². The minimum absolute atomic E-state index is 0.0318. The van der Waals surface area contributed by atoms with Gasteiger partial charge in [-0.3, -0.25) is 79.4 Å². The standard InChI is InChI=1S/C28H24N8O.C27H22N8O.C27H21N7O.C26H20N8O/c1-16(2)10-24(37)32-20-11-18(13-30-15-20)19-12-22-26(35-36-27(22)31-14-19)28-33-23-5-3-4-21(25(23)34-28)17-6-8-29-9-7-17;1-15(2)27(36)31-19-10-17(12-29-14-19)18-11-21-24(34-35-25(21)30-13-18)26-32-22-5-3-4-20(23(22)33-26)16-6-8-28-9-7-16;1-2-19(35)13-18-10-9-16(14-29-18)17-12-21-25(33-34-26(21)30-15-17)27-31-23-8-5-6-20(24(23)32-27)22-7-3-4-11-28-22;1-2-22(35)30-18-10-16(12-28-14-18)17-11-20-24(33-34-25(20)29-13-17)26-31-21-5-3-4-19(23(21)32-26)15-6-8-27-9-7-15/h3-9,11-16H,10H2,1-2H3,(H,32,37)(H,33,34)(H,31,35,36);3-15H,1-2H3,(H,31,36)(H,32,33)(H,30,34,35);3-12,14-15H,2,13H2,1H3,(H,31,32)(H,30,33,34);3-14H,2H2,1H3,(H,30,35)(H,31,32)(H,29,33,34). The highest BCUT2D eigenvalue weighted by Crippen LogP contribution is 2.40. The van der Waals surface area contributed by atoms with Crippen LogP contribution in [0.2, 0.25) is 0 Å². The largest absolute Gasteiger partial charge is 0.337 e. The number of aromatic amines is 8. The van der Waals surface area contributed by atoms with Gasteiger partial charge in [-0.1, -0.05) is 102 Å². The van der Waals surface area contributed by atoms with Gasteiger partial charge in [0.05, 0.1) is 107 Å². The van der Waals surface area contributed by atoms with Crippen LogP contribution in [0, 0.1) is 11.8 Å². The predicted molar refractivity (Wildman–Crippen MR) is 551 cm³/mol. The van der Waals surface area contributed by atoms with E-state index in [1.54, 1.807) is 112 Å². The number of nitrogens with zero attached hydrogens (tertiary/aromatic N) is 20. The number of fused-ring (bicyclic) bond motifs is 8. The van der Waals surface area contributed by atoms with Crippen molar-refractivity contribution in [2.45, 2.75) is 67.2 Å². The number of ketones is 1. The summed E-state index contributed by atoms with van der Waals surface area (Å²) in [4.78, 5) is 133. The maximum Gasteiger partial charge on any atom is 0.226 e. The third-order valence-corrected chi connectivity index (χ3v) is 24.0. The first-order valence-corrected chi connectivity index (χ1v) is 46.2. The van der Waals surface area contributed by atoms with Gasteiger partial charge >= 0.3 is 0 Å². The molecule has 0 aliphatic heterocycles. The molecule has 0 bridgehead atoms. The fourth-order valence-electron chi connectivity index (χ4n) is 16.7. The van der Waals surface area contributed by atoms with Crippen LogP contribution in [0.25, 0.3) is 223 Å². The lowest BCUT2D eigenvalue weighted by Crippen LogP contribution is -2.17. The van der Waals surface area contributed by atoms with Gasteiger partial charge in [0.2, 0.25) is 17.7 Å². The van der Waals surface area contributed by atoms with Crippen LogP contribution < -0.4 is 16.0 Å². The molecule has 35 nitrogen and oxygen atoms in total. The van der Waals surface area contributed by atoms with Gasteiger partial charge in [-0.2, -0.15) is 20.4 Å². The number of nitrogens with one attached hydrogen (secondary N) is 11. The maximum atomic E-state index is 12.2. The first-order chi connectivity index (χ1) is 70.0. The molecule has 0 aliphatic carbocycles. The van der Waals surface area contributed by atoms with Crippen molar-refractivity contribution < 1.29 is 19.2 Å². The molecule has 0 saturated heterocycles. The molecule has 0 radical (unpaired) electrons. The van der Waals surface area contributed by atoms with Gasteiger partial charge in [0, 0.05) is 197 Å². The number of anilines is 3. The Morgan fingerprint density at radius 1 is 0.308 bits per heavy atom. The minimum atomic E-state index is -0.122. The zero-order valence-electron chi connectivity index (χ0n) is 77.8. The second-order valence-electron chi connectivity index (χ2n) is 34.5. The molecule has 20 aromatic heterocycles. The van der Waals surface area contributed by atoms with Crippen molar-refractivity contribution in [2.24, 2.45) is 11.8 Å². The van der Waals surface area contributed by atoms with Gasteiger partial charge in [-0.25, -0.2) is 39.9 Å². The predicted octanol–water partition coefficient (Wildman–Crippen LogP) is 21.0. The number of pyridine rings is 12. The van der Waals surface area contributed by atoms with E-state index in [1.807, 2.05) is 224 Å². The summed E-state index contributed by atoms with van der Waals surface area (Å²) < 4.78 is 0. The highest BCUT2D eigenvalue weighted by molar-refractivity contribution is 6.04. The molecule has 0 aliphatic rings. The molecule has 0 unspecified atom stereocenters. The lowest BCUT2D eigenvalue weighted by atomic mass is 10.1. The van der Waals surface area contributed by atoms with Crippen LogP contribution >= 0.6 is 0 Å². The van der Waals surface area contributed by atoms with Gasteiger partial charge in [0.1, 0.15) is 28.6 Å². The number of hydrogen-bond acceptors (Lipinski definition) is 24. The van der Waals surface area contributed by atoms with E-state index in [-0.39, 0.29) is 35.3 Å². The Balaban J connectivity index is 0.000000113. The van der Waals surface area contributed by atoms with E-state index in [4.69, 9.17) is 19.9 Å². The summed E-state index contributed by atoms with van der Waals surface area (Å²) in [6.07, 6.45) is 33.1. The van der Waals surface area contributed by atoms with E-state index in [0.29, 0.717) is 88.6 Å². The second kappa shape index (κ2) is 39.7. The van der Waals surface area contributed by atoms with Gasteiger partial charge < -0.3 is 35.9 Å². The summed E-state index contributed by atoms with van der Waals surface area (Å²) in [7, 11) is 0. The number of para-hydroxylation sites is 4. The number of benzene rings is 4. The minimum Gasteiger partial charge on any atom is -0.337 e. The molecule has 698 valence electrons. The highest BCUT2D eigenvalue weighted by Gasteiger charge is 2.24. The molecule has 0 fully saturated rings. The summed E-state index contributed by atoms with van der Waals surface area (Å²) >= 11 is 0. The molecule has 24 rings (SSSR count). The number of Topliss-reactive ketones (excluding diaryl/α,β-unsaturated/α-hetero) is 1. The SMILES string of the molecule is CC(C)C(=O)Nc1cncc(-c2cnc3n[nH]c(-c4nc5c(-c6ccncc6)cccc5[nH]4)c3c2)c1.CC(C)CC(=O)Nc1cncc(-c2cnc3n[nH]c(-c4nc5c(-c6ccncc6)cccc5[nH]4)c3c2)c1.CCC(=O)Cc1ccc(-c2cnc3n[nH]c(-c4nc5c(-c6ccccn6)cccc5[nH]4)c3c2)cn1.CCC(=O)Nc1cncc(-c2cnc3n[nH]c(-c4nc5c(-c6ccncc6)cccc5[nH]4)c3c2)c1. The van der Waals surface area contributed by atoms with Crippen molar-refractivity contribution in [3.8, 4) is 135 Å². The van der Waals surface area contributed by atoms with Crippen LogP contribution in [-0.4, -0.2) is 164 Å². The number of aromatic nitrogens is 28.